The number of ether oxygens (including phenoxy) is 2. The van der Waals surface area contributed by atoms with Crippen molar-refractivity contribution >= 4 is 50.7 Å². The number of rotatable bonds is 11. The number of methoxy groups -OCH3 is 2. The van der Waals surface area contributed by atoms with E-state index >= 15 is 0 Å². The lowest BCUT2D eigenvalue weighted by Gasteiger charge is -2.34. The largest absolute Gasteiger partial charge is 0.493 e. The Bertz CT molecular complexity index is 1620. The molecule has 3 aromatic rings. The lowest BCUT2D eigenvalue weighted by Crippen LogP contribution is -2.54. The number of amides is 2. The molecule has 0 saturated carbocycles. The van der Waals surface area contributed by atoms with E-state index in [-0.39, 0.29) is 17.2 Å². The number of anilines is 1. The van der Waals surface area contributed by atoms with E-state index in [1.54, 1.807) is 37.3 Å². The minimum atomic E-state index is -4.33. The summed E-state index contributed by atoms with van der Waals surface area (Å²) in [6.45, 7) is 10.1. The average molecular weight is 665 g/mol. The van der Waals surface area contributed by atoms with Gasteiger partial charge in [-0.2, -0.15) is 0 Å². The van der Waals surface area contributed by atoms with Gasteiger partial charge in [0.25, 0.3) is 10.0 Å². The molecule has 1 N–H and O–H groups in total. The number of carbonyl (C=O) groups excluding carboxylic acids is 2. The molecule has 0 heterocycles. The van der Waals surface area contributed by atoms with Crippen molar-refractivity contribution in [3.63, 3.8) is 0 Å². The zero-order valence-electron chi connectivity index (χ0n) is 26.2. The van der Waals surface area contributed by atoms with E-state index in [4.69, 9.17) is 32.7 Å². The summed E-state index contributed by atoms with van der Waals surface area (Å²) in [5.41, 5.74) is 1.88. The van der Waals surface area contributed by atoms with E-state index in [1.807, 2.05) is 40.7 Å². The second kappa shape index (κ2) is 14.1. The van der Waals surface area contributed by atoms with Gasteiger partial charge in [0.2, 0.25) is 11.8 Å². The number of hydrogen-bond acceptors (Lipinski definition) is 6. The second-order valence-electron chi connectivity index (χ2n) is 11.5. The molecule has 0 aromatic heterocycles. The van der Waals surface area contributed by atoms with Gasteiger partial charge in [-0.3, -0.25) is 13.9 Å². The van der Waals surface area contributed by atoms with Crippen molar-refractivity contribution in [2.24, 2.45) is 0 Å². The summed E-state index contributed by atoms with van der Waals surface area (Å²) in [5.74, 6) is -0.454. The molecule has 238 valence electrons. The molecule has 0 fully saturated rings. The van der Waals surface area contributed by atoms with Gasteiger partial charge in [0.05, 0.1) is 24.8 Å². The number of nitrogens with zero attached hydrogens (tertiary/aromatic N) is 2. The summed E-state index contributed by atoms with van der Waals surface area (Å²) >= 11 is 12.6. The molecule has 2 amide bonds. The van der Waals surface area contributed by atoms with E-state index in [9.17, 15) is 18.0 Å². The van der Waals surface area contributed by atoms with Crippen LogP contribution in [0, 0.1) is 13.8 Å². The molecule has 0 aliphatic carbocycles. The Morgan fingerprint density at radius 3 is 2.07 bits per heavy atom. The number of benzene rings is 3. The summed E-state index contributed by atoms with van der Waals surface area (Å²) in [6.07, 6.45) is 0. The zero-order valence-corrected chi connectivity index (χ0v) is 28.5. The molecule has 3 aromatic carbocycles. The maximum Gasteiger partial charge on any atom is 0.264 e. The molecular formula is C32H39Cl2N3O6S. The maximum atomic E-state index is 14.3. The van der Waals surface area contributed by atoms with Crippen LogP contribution in [0.15, 0.2) is 59.5 Å². The average Bonchev–Trinajstić information content (AvgIpc) is 2.93. The number of hydrogen-bond donors (Lipinski definition) is 1. The lowest BCUT2D eigenvalue weighted by molar-refractivity contribution is -0.140. The quantitative estimate of drug-likeness (QED) is 0.264. The Morgan fingerprint density at radius 1 is 0.909 bits per heavy atom. The summed E-state index contributed by atoms with van der Waals surface area (Å²) in [6, 6.07) is 13.4. The third-order valence-corrected chi connectivity index (χ3v) is 9.09. The van der Waals surface area contributed by atoms with Crippen LogP contribution in [0.25, 0.3) is 0 Å². The Morgan fingerprint density at radius 2 is 1.52 bits per heavy atom. The molecule has 0 radical (unpaired) electrons. The molecule has 12 heteroatoms. The smallest absolute Gasteiger partial charge is 0.264 e. The van der Waals surface area contributed by atoms with Crippen LogP contribution in [0.3, 0.4) is 0 Å². The first-order chi connectivity index (χ1) is 20.5. The van der Waals surface area contributed by atoms with Gasteiger partial charge in [-0.1, -0.05) is 35.3 Å². The first kappa shape index (κ1) is 35.0. The van der Waals surface area contributed by atoms with Crippen molar-refractivity contribution in [2.45, 2.75) is 64.6 Å². The molecular weight excluding hydrogens is 625 g/mol. The third kappa shape index (κ3) is 8.58. The monoisotopic (exact) mass is 663 g/mol. The van der Waals surface area contributed by atoms with E-state index in [2.05, 4.69) is 5.32 Å². The van der Waals surface area contributed by atoms with Gasteiger partial charge >= 0.3 is 0 Å². The standard InChI is InChI=1S/C32H39Cl2N3O6S/c1-20-13-21(2)15-25(14-20)37(44(40,41)26-11-12-28(42-7)29(17-26)43-8)19-30(38)36(22(3)31(39)35-32(4,5)6)18-23-9-10-24(33)16-27(23)34/h9-17,22H,18-19H2,1-8H3,(H,35,39)/t22-/m1/s1. The molecule has 3 rings (SSSR count). The fraction of sp³-hybridized carbons (Fsp3) is 0.375. The van der Waals surface area contributed by atoms with Gasteiger partial charge in [0, 0.05) is 28.2 Å². The van der Waals surface area contributed by atoms with Crippen LogP contribution in [-0.2, 0) is 26.2 Å². The van der Waals surface area contributed by atoms with Crippen LogP contribution in [0.4, 0.5) is 5.69 Å². The fourth-order valence-corrected chi connectivity index (χ4v) is 6.50. The summed E-state index contributed by atoms with van der Waals surface area (Å²) in [7, 11) is -1.47. The van der Waals surface area contributed by atoms with E-state index in [0.29, 0.717) is 27.0 Å². The molecule has 0 aliphatic heterocycles. The Hall–Kier alpha value is -3.47. The molecule has 0 bridgehead atoms. The fourth-order valence-electron chi connectivity index (χ4n) is 4.62. The van der Waals surface area contributed by atoms with Crippen molar-refractivity contribution in [2.75, 3.05) is 25.1 Å². The Balaban J connectivity index is 2.14. The lowest BCUT2D eigenvalue weighted by atomic mass is 10.1. The van der Waals surface area contributed by atoms with Gasteiger partial charge in [0.15, 0.2) is 11.5 Å². The summed E-state index contributed by atoms with van der Waals surface area (Å²) in [4.78, 5) is 28.7. The molecule has 0 unspecified atom stereocenters. The second-order valence-corrected chi connectivity index (χ2v) is 14.3. The minimum absolute atomic E-state index is 0.0648. The van der Waals surface area contributed by atoms with Crippen molar-refractivity contribution in [1.82, 2.24) is 10.2 Å². The number of halogens is 2. The molecule has 1 atom stereocenters. The normalized spacial score (nSPS) is 12.3. The summed E-state index contributed by atoms with van der Waals surface area (Å²) < 4.78 is 40.2. The first-order valence-corrected chi connectivity index (χ1v) is 16.0. The van der Waals surface area contributed by atoms with Gasteiger partial charge < -0.3 is 19.7 Å². The van der Waals surface area contributed by atoms with E-state index in [1.165, 1.54) is 37.3 Å². The van der Waals surface area contributed by atoms with Crippen LogP contribution >= 0.6 is 23.2 Å². The zero-order chi connectivity index (χ0) is 33.0. The first-order valence-electron chi connectivity index (χ1n) is 13.9. The van der Waals surface area contributed by atoms with Crippen molar-refractivity contribution < 1.29 is 27.5 Å². The summed E-state index contributed by atoms with van der Waals surface area (Å²) in [5, 5.41) is 3.62. The van der Waals surface area contributed by atoms with Crippen LogP contribution in [0.1, 0.15) is 44.4 Å². The van der Waals surface area contributed by atoms with Crippen LogP contribution < -0.4 is 19.1 Å². The molecule has 9 nitrogen and oxygen atoms in total. The highest BCUT2D eigenvalue weighted by Crippen LogP contribution is 2.33. The number of sulfonamides is 1. The number of nitrogens with one attached hydrogen (secondary N) is 1. The van der Waals surface area contributed by atoms with Crippen LogP contribution in [0.2, 0.25) is 10.0 Å². The Kier molecular flexibility index (Phi) is 11.2. The number of aryl methyl sites for hydroxylation is 2. The maximum absolute atomic E-state index is 14.3. The number of carbonyl (C=O) groups is 2. The molecule has 0 spiro atoms. The van der Waals surface area contributed by atoms with Gasteiger partial charge in [0.1, 0.15) is 12.6 Å². The van der Waals surface area contributed by atoms with Crippen molar-refractivity contribution in [3.8, 4) is 11.5 Å². The minimum Gasteiger partial charge on any atom is -0.493 e. The highest BCUT2D eigenvalue weighted by molar-refractivity contribution is 7.92. The van der Waals surface area contributed by atoms with E-state index < -0.39 is 40.0 Å². The van der Waals surface area contributed by atoms with Gasteiger partial charge in [-0.25, -0.2) is 8.42 Å². The predicted octanol–water partition coefficient (Wildman–Crippen LogP) is 6.15. The third-order valence-electron chi connectivity index (χ3n) is 6.74. The van der Waals surface area contributed by atoms with E-state index in [0.717, 1.165) is 15.4 Å². The molecule has 0 saturated heterocycles. The van der Waals surface area contributed by atoms with Crippen LogP contribution in [0.5, 0.6) is 11.5 Å². The predicted molar refractivity (Wildman–Crippen MR) is 174 cm³/mol. The van der Waals surface area contributed by atoms with Crippen LogP contribution in [-0.4, -0.2) is 57.5 Å². The van der Waals surface area contributed by atoms with Crippen molar-refractivity contribution in [1.29, 1.82) is 0 Å². The van der Waals surface area contributed by atoms with Gasteiger partial charge in [-0.05, 0) is 94.6 Å². The Labute approximate surface area is 270 Å². The molecule has 44 heavy (non-hydrogen) atoms. The topological polar surface area (TPSA) is 105 Å². The highest BCUT2D eigenvalue weighted by atomic mass is 35.5. The SMILES string of the molecule is COc1ccc(S(=O)(=O)N(CC(=O)N(Cc2ccc(Cl)cc2Cl)[C@H](C)C(=O)NC(C)(C)C)c2cc(C)cc(C)c2)cc1OC. The van der Waals surface area contributed by atoms with Crippen molar-refractivity contribution in [3.05, 3.63) is 81.3 Å². The molecule has 0 aliphatic rings. The van der Waals surface area contributed by atoms with Gasteiger partial charge in [-0.15, -0.1) is 0 Å². The highest BCUT2D eigenvalue weighted by Gasteiger charge is 2.34.